The van der Waals surface area contributed by atoms with Crippen molar-refractivity contribution >= 4 is 83.0 Å². The van der Waals surface area contributed by atoms with E-state index in [1.807, 2.05) is 38.1 Å². The third-order valence-corrected chi connectivity index (χ3v) is 8.18. The molecular formula is C32H26Br2Cl2N4O4. The summed E-state index contributed by atoms with van der Waals surface area (Å²) < 4.78 is 18.8. The van der Waals surface area contributed by atoms with Gasteiger partial charge >= 0.3 is 0 Å². The number of pyridine rings is 2. The number of ether oxygens (including phenoxy) is 2. The minimum atomic E-state index is -0.707. The molecule has 12 heteroatoms. The van der Waals surface area contributed by atoms with Gasteiger partial charge in [0.2, 0.25) is 5.43 Å². The number of benzene rings is 2. The van der Waals surface area contributed by atoms with Crippen molar-refractivity contribution < 1.29 is 13.9 Å². The van der Waals surface area contributed by atoms with Crippen molar-refractivity contribution in [1.82, 2.24) is 9.97 Å². The molecule has 7 rings (SSSR count). The van der Waals surface area contributed by atoms with Gasteiger partial charge in [-0.3, -0.25) is 4.79 Å². The van der Waals surface area contributed by atoms with E-state index in [0.717, 1.165) is 25.8 Å². The first-order valence-electron chi connectivity index (χ1n) is 13.3. The molecule has 0 bridgehead atoms. The summed E-state index contributed by atoms with van der Waals surface area (Å²) in [5.74, 6) is 1.41. The topological polar surface area (TPSA) is 113 Å². The molecule has 3 aromatic heterocycles. The van der Waals surface area contributed by atoms with Crippen molar-refractivity contribution in [1.29, 1.82) is 0 Å². The fourth-order valence-electron chi connectivity index (χ4n) is 4.96. The fraction of sp³-hybridized carbons (Fsp3) is 0.188. The predicted octanol–water partition coefficient (Wildman–Crippen LogP) is 9.17. The van der Waals surface area contributed by atoms with Gasteiger partial charge in [-0.2, -0.15) is 0 Å². The van der Waals surface area contributed by atoms with Gasteiger partial charge in [-0.15, -0.1) is 6.58 Å². The summed E-state index contributed by atoms with van der Waals surface area (Å²) in [6.07, 6.45) is 3.08. The van der Waals surface area contributed by atoms with Gasteiger partial charge in [0.05, 0.1) is 29.8 Å². The lowest BCUT2D eigenvalue weighted by Crippen LogP contribution is -2.44. The van der Waals surface area contributed by atoms with Gasteiger partial charge in [0.25, 0.3) is 6.02 Å². The van der Waals surface area contributed by atoms with Gasteiger partial charge in [-0.05, 0) is 62.4 Å². The number of amidine groups is 1. The molecule has 5 heterocycles. The second kappa shape index (κ2) is 12.9. The summed E-state index contributed by atoms with van der Waals surface area (Å²) in [6, 6.07) is 14.6. The summed E-state index contributed by atoms with van der Waals surface area (Å²) in [7, 11) is 0. The van der Waals surface area contributed by atoms with Crippen molar-refractivity contribution in [3.63, 3.8) is 0 Å². The standard InChI is InChI=1S/C16H13BrClN3O2.C12H5BrClNO2.C4H8/c1-8-7-22-15(19)21-16(8)10-4-9(17)2-3-12(10)23-13-6-20-14(18)5-11(13)16;13-6-1-2-9-7(3-6)12(16)8-4-11(14)15-5-10(8)17-9;1-4(2)3/h2-6,8H,7H2,1H3,(H2,19,21);1-5H;1H2,2-3H3. The Morgan fingerprint density at radius 2 is 1.55 bits per heavy atom. The van der Waals surface area contributed by atoms with E-state index in [2.05, 4.69) is 55.3 Å². The molecule has 0 amide bonds. The first-order chi connectivity index (χ1) is 20.9. The SMILES string of the molecule is C=C(C)C.CC1COC(N)=NC12c1cc(Br)ccc1Oc1cnc(Cl)cc12.O=c1c2cc(Br)ccc2oc2cnc(Cl)cc12. The number of aromatic nitrogens is 2. The van der Waals surface area contributed by atoms with E-state index in [-0.39, 0.29) is 22.5 Å². The lowest BCUT2D eigenvalue weighted by atomic mass is 9.72. The Kier molecular flexibility index (Phi) is 9.36. The molecule has 0 radical (unpaired) electrons. The van der Waals surface area contributed by atoms with Crippen molar-refractivity contribution in [3.8, 4) is 11.5 Å². The molecule has 5 aromatic rings. The Morgan fingerprint density at radius 3 is 2.30 bits per heavy atom. The highest BCUT2D eigenvalue weighted by molar-refractivity contribution is 9.10. The Labute approximate surface area is 280 Å². The minimum absolute atomic E-state index is 0.0453. The lowest BCUT2D eigenvalue weighted by Gasteiger charge is -2.43. The fourth-order valence-corrected chi connectivity index (χ4v) is 5.99. The Balaban J connectivity index is 0.000000161. The number of fused-ring (bicyclic) bond motifs is 6. The molecule has 0 aliphatic carbocycles. The van der Waals surface area contributed by atoms with Crippen LogP contribution in [-0.4, -0.2) is 22.6 Å². The largest absolute Gasteiger partial charge is 0.465 e. The quantitative estimate of drug-likeness (QED) is 0.0952. The Bertz CT molecular complexity index is 1900. The molecule has 2 aliphatic heterocycles. The van der Waals surface area contributed by atoms with E-state index in [0.29, 0.717) is 39.4 Å². The van der Waals surface area contributed by atoms with Crippen LogP contribution in [0, 0.1) is 5.92 Å². The molecule has 2 unspecified atom stereocenters. The van der Waals surface area contributed by atoms with Gasteiger partial charge in [-0.1, -0.05) is 67.6 Å². The number of halogens is 4. The van der Waals surface area contributed by atoms with Gasteiger partial charge in [0.1, 0.15) is 27.2 Å². The summed E-state index contributed by atoms with van der Waals surface area (Å²) in [6.45, 7) is 10.0. The first kappa shape index (κ1) is 32.0. The van der Waals surface area contributed by atoms with Crippen LogP contribution in [0.4, 0.5) is 0 Å². The average Bonchev–Trinajstić information content (AvgIpc) is 2.97. The minimum Gasteiger partial charge on any atom is -0.465 e. The van der Waals surface area contributed by atoms with E-state index in [9.17, 15) is 4.79 Å². The number of hydrogen-bond acceptors (Lipinski definition) is 8. The molecule has 0 saturated carbocycles. The van der Waals surface area contributed by atoms with Crippen LogP contribution in [0.15, 0.2) is 96.2 Å². The van der Waals surface area contributed by atoms with Gasteiger partial charge < -0.3 is 19.6 Å². The summed E-state index contributed by atoms with van der Waals surface area (Å²) in [4.78, 5) is 25.0. The number of hydrogen-bond donors (Lipinski definition) is 1. The van der Waals surface area contributed by atoms with Crippen LogP contribution in [0.5, 0.6) is 11.5 Å². The number of nitrogens with two attached hydrogens (primary N) is 1. The smallest absolute Gasteiger partial charge is 0.283 e. The van der Waals surface area contributed by atoms with Crippen molar-refractivity contribution in [2.75, 3.05) is 6.61 Å². The lowest BCUT2D eigenvalue weighted by molar-refractivity contribution is 0.152. The maximum atomic E-state index is 12.2. The van der Waals surface area contributed by atoms with E-state index < -0.39 is 5.54 Å². The number of rotatable bonds is 0. The molecule has 0 saturated heterocycles. The molecule has 44 heavy (non-hydrogen) atoms. The van der Waals surface area contributed by atoms with Crippen molar-refractivity contribution in [2.24, 2.45) is 16.6 Å². The monoisotopic (exact) mass is 758 g/mol. The van der Waals surface area contributed by atoms with Gasteiger partial charge in [0, 0.05) is 26.0 Å². The molecular weight excluding hydrogens is 735 g/mol. The Hall–Kier alpha value is -3.44. The summed E-state index contributed by atoms with van der Waals surface area (Å²) in [5, 5.41) is 1.63. The normalized spacial score (nSPS) is 18.0. The van der Waals surface area contributed by atoms with Crippen LogP contribution in [0.2, 0.25) is 10.3 Å². The van der Waals surface area contributed by atoms with Crippen LogP contribution in [-0.2, 0) is 10.3 Å². The van der Waals surface area contributed by atoms with Crippen LogP contribution in [0.3, 0.4) is 0 Å². The molecule has 0 fully saturated rings. The van der Waals surface area contributed by atoms with E-state index >= 15 is 0 Å². The number of nitrogens with zero attached hydrogens (tertiary/aromatic N) is 3. The highest BCUT2D eigenvalue weighted by atomic mass is 79.9. The average molecular weight is 761 g/mol. The third kappa shape index (κ3) is 6.35. The first-order valence-corrected chi connectivity index (χ1v) is 15.6. The zero-order valence-corrected chi connectivity index (χ0v) is 28.5. The Morgan fingerprint density at radius 1 is 0.932 bits per heavy atom. The molecule has 8 nitrogen and oxygen atoms in total. The van der Waals surface area contributed by atoms with Gasteiger partial charge in [-0.25, -0.2) is 15.0 Å². The van der Waals surface area contributed by atoms with Crippen molar-refractivity contribution in [2.45, 2.75) is 26.3 Å². The zero-order chi connectivity index (χ0) is 31.8. The van der Waals surface area contributed by atoms with Crippen LogP contribution in [0.1, 0.15) is 31.9 Å². The van der Waals surface area contributed by atoms with Crippen LogP contribution in [0.25, 0.3) is 21.9 Å². The van der Waals surface area contributed by atoms with Crippen molar-refractivity contribution in [3.05, 3.63) is 114 Å². The second-order valence-electron chi connectivity index (χ2n) is 10.5. The predicted molar refractivity (Wildman–Crippen MR) is 182 cm³/mol. The van der Waals surface area contributed by atoms with E-state index in [1.165, 1.54) is 17.8 Å². The molecule has 2 aromatic carbocycles. The highest BCUT2D eigenvalue weighted by Crippen LogP contribution is 2.54. The maximum absolute atomic E-state index is 12.2. The third-order valence-electron chi connectivity index (χ3n) is 6.78. The highest BCUT2D eigenvalue weighted by Gasteiger charge is 2.49. The summed E-state index contributed by atoms with van der Waals surface area (Å²) in [5.41, 5.74) is 9.03. The van der Waals surface area contributed by atoms with Gasteiger partial charge in [0.15, 0.2) is 11.3 Å². The molecule has 226 valence electrons. The summed E-state index contributed by atoms with van der Waals surface area (Å²) >= 11 is 18.8. The molecule has 1 spiro atoms. The maximum Gasteiger partial charge on any atom is 0.283 e. The number of aliphatic imine (C=N–C) groups is 1. The molecule has 2 atom stereocenters. The molecule has 2 N–H and O–H groups in total. The van der Waals surface area contributed by atoms with Crippen LogP contribution < -0.4 is 15.9 Å². The van der Waals surface area contributed by atoms with E-state index in [1.54, 1.807) is 24.4 Å². The zero-order valence-electron chi connectivity index (χ0n) is 23.8. The molecule has 2 aliphatic rings. The van der Waals surface area contributed by atoms with Crippen LogP contribution >= 0.6 is 55.1 Å². The van der Waals surface area contributed by atoms with E-state index in [4.69, 9.17) is 47.8 Å². The number of allylic oxidation sites excluding steroid dienone is 1. The second-order valence-corrected chi connectivity index (χ2v) is 13.1.